The first kappa shape index (κ1) is 15.0. The van der Waals surface area contributed by atoms with Gasteiger partial charge in [0.2, 0.25) is 0 Å². The van der Waals surface area contributed by atoms with Gasteiger partial charge in [0.05, 0.1) is 6.04 Å². The Morgan fingerprint density at radius 3 is 2.67 bits per heavy atom. The molecule has 21 heavy (non-hydrogen) atoms. The van der Waals surface area contributed by atoms with Crippen LogP contribution in [0.4, 0.5) is 0 Å². The summed E-state index contributed by atoms with van der Waals surface area (Å²) >= 11 is 0. The molecule has 3 fully saturated rings. The van der Waals surface area contributed by atoms with Gasteiger partial charge in [-0.2, -0.15) is 0 Å². The fourth-order valence-electron chi connectivity index (χ4n) is 3.70. The van der Waals surface area contributed by atoms with Gasteiger partial charge in [-0.1, -0.05) is 13.8 Å². The normalized spacial score (nSPS) is 29.7. The van der Waals surface area contributed by atoms with Crippen LogP contribution < -0.4 is 5.32 Å². The maximum atomic E-state index is 4.70. The number of hydrogen-bond donors (Lipinski definition) is 1. The number of aryl methyl sites for hydroxylation is 1. The molecule has 0 aliphatic carbocycles. The number of nitrogens with one attached hydrogen (secondary N) is 1. The van der Waals surface area contributed by atoms with Crippen molar-refractivity contribution in [3.8, 4) is 0 Å². The second-order valence-electron chi connectivity index (χ2n) is 6.31. The Morgan fingerprint density at radius 2 is 2.05 bits per heavy atom. The fraction of sp³-hybridized carbons (Fsp3) is 0.812. The molecule has 4 heterocycles. The zero-order valence-corrected chi connectivity index (χ0v) is 13.5. The SMILES string of the molecule is CCCNC(c1nccn1CCC)C1CN2CCN1CC2. The lowest BCUT2D eigenvalue weighted by molar-refractivity contribution is -0.00548. The van der Waals surface area contributed by atoms with Crippen molar-refractivity contribution < 1.29 is 0 Å². The molecular weight excluding hydrogens is 262 g/mol. The minimum atomic E-state index is 0.356. The largest absolute Gasteiger partial charge is 0.334 e. The number of rotatable bonds is 7. The summed E-state index contributed by atoms with van der Waals surface area (Å²) in [6, 6.07) is 0.923. The minimum absolute atomic E-state index is 0.356. The van der Waals surface area contributed by atoms with E-state index >= 15 is 0 Å². The van der Waals surface area contributed by atoms with E-state index in [-0.39, 0.29) is 0 Å². The zero-order chi connectivity index (χ0) is 14.7. The number of aromatic nitrogens is 2. The highest BCUT2D eigenvalue weighted by Crippen LogP contribution is 2.26. The summed E-state index contributed by atoms with van der Waals surface area (Å²) in [5, 5.41) is 3.77. The van der Waals surface area contributed by atoms with Gasteiger partial charge < -0.3 is 9.88 Å². The molecule has 4 rings (SSSR count). The van der Waals surface area contributed by atoms with Crippen molar-refractivity contribution >= 4 is 0 Å². The molecule has 3 aliphatic rings. The summed E-state index contributed by atoms with van der Waals surface area (Å²) < 4.78 is 2.34. The molecule has 2 unspecified atom stereocenters. The van der Waals surface area contributed by atoms with E-state index in [1.807, 2.05) is 6.20 Å². The van der Waals surface area contributed by atoms with Crippen LogP contribution in [0.5, 0.6) is 0 Å². The predicted octanol–water partition coefficient (Wildman–Crippen LogP) is 1.33. The molecule has 0 spiro atoms. The molecule has 5 nitrogen and oxygen atoms in total. The second-order valence-corrected chi connectivity index (χ2v) is 6.31. The third-order valence-electron chi connectivity index (χ3n) is 4.81. The Kier molecular flexibility index (Phi) is 4.93. The molecule has 1 N–H and O–H groups in total. The molecule has 0 aromatic carbocycles. The summed E-state index contributed by atoms with van der Waals surface area (Å²) in [5.41, 5.74) is 0. The van der Waals surface area contributed by atoms with E-state index in [2.05, 4.69) is 39.7 Å². The standard InChI is InChI=1S/C16H29N5/c1-3-5-17-15(16-18-6-8-21(16)7-4-2)14-13-19-9-11-20(14)12-10-19/h6,8,14-15,17H,3-5,7,9-13H2,1-2H3. The quantitative estimate of drug-likeness (QED) is 0.822. The van der Waals surface area contributed by atoms with Crippen molar-refractivity contribution in [2.24, 2.45) is 0 Å². The Balaban J connectivity index is 1.81. The number of hydrogen-bond acceptors (Lipinski definition) is 4. The van der Waals surface area contributed by atoms with Crippen LogP contribution in [-0.2, 0) is 6.54 Å². The Morgan fingerprint density at radius 1 is 1.24 bits per heavy atom. The molecule has 3 aliphatic heterocycles. The van der Waals surface area contributed by atoms with Crippen LogP contribution in [0.25, 0.3) is 0 Å². The number of fused-ring (bicyclic) bond motifs is 3. The van der Waals surface area contributed by atoms with Crippen molar-refractivity contribution in [3.63, 3.8) is 0 Å². The van der Waals surface area contributed by atoms with Gasteiger partial charge in [-0.25, -0.2) is 4.98 Å². The summed E-state index contributed by atoms with van der Waals surface area (Å²) in [6.45, 7) is 12.7. The van der Waals surface area contributed by atoms with E-state index in [1.165, 1.54) is 45.0 Å². The van der Waals surface area contributed by atoms with Gasteiger partial charge >= 0.3 is 0 Å². The average molecular weight is 291 g/mol. The molecule has 0 radical (unpaired) electrons. The van der Waals surface area contributed by atoms with Gasteiger partial charge in [0.15, 0.2) is 0 Å². The third kappa shape index (κ3) is 3.15. The Hall–Kier alpha value is -0.910. The van der Waals surface area contributed by atoms with Crippen LogP contribution in [0, 0.1) is 0 Å². The highest BCUT2D eigenvalue weighted by molar-refractivity contribution is 5.07. The maximum Gasteiger partial charge on any atom is 0.127 e. The predicted molar refractivity (Wildman–Crippen MR) is 85.4 cm³/mol. The first-order valence-electron chi connectivity index (χ1n) is 8.54. The highest BCUT2D eigenvalue weighted by atomic mass is 15.4. The van der Waals surface area contributed by atoms with Crippen molar-refractivity contribution in [2.75, 3.05) is 39.3 Å². The van der Waals surface area contributed by atoms with Crippen LogP contribution in [0.15, 0.2) is 12.4 Å². The molecular formula is C16H29N5. The average Bonchev–Trinajstić information content (AvgIpc) is 2.98. The van der Waals surface area contributed by atoms with Crippen molar-refractivity contribution in [1.29, 1.82) is 0 Å². The smallest absolute Gasteiger partial charge is 0.127 e. The van der Waals surface area contributed by atoms with Crippen LogP contribution in [0.1, 0.15) is 38.6 Å². The molecule has 118 valence electrons. The van der Waals surface area contributed by atoms with Crippen LogP contribution in [-0.4, -0.2) is 64.7 Å². The zero-order valence-electron chi connectivity index (χ0n) is 13.5. The molecule has 2 atom stereocenters. The van der Waals surface area contributed by atoms with Gasteiger partial charge in [0, 0.05) is 57.7 Å². The first-order chi connectivity index (χ1) is 10.3. The fourth-order valence-corrected chi connectivity index (χ4v) is 3.70. The van der Waals surface area contributed by atoms with Crippen molar-refractivity contribution in [2.45, 2.75) is 45.3 Å². The van der Waals surface area contributed by atoms with E-state index in [1.54, 1.807) is 0 Å². The van der Waals surface area contributed by atoms with E-state index < -0.39 is 0 Å². The molecule has 3 saturated heterocycles. The highest BCUT2D eigenvalue weighted by Gasteiger charge is 2.38. The summed E-state index contributed by atoms with van der Waals surface area (Å²) in [5.74, 6) is 1.23. The third-order valence-corrected chi connectivity index (χ3v) is 4.81. The second kappa shape index (κ2) is 6.90. The first-order valence-corrected chi connectivity index (χ1v) is 8.54. The van der Waals surface area contributed by atoms with Crippen LogP contribution in [0.2, 0.25) is 0 Å². The summed E-state index contributed by atoms with van der Waals surface area (Å²) in [4.78, 5) is 9.98. The molecule has 0 saturated carbocycles. The minimum Gasteiger partial charge on any atom is -0.334 e. The van der Waals surface area contributed by atoms with Crippen LogP contribution >= 0.6 is 0 Å². The van der Waals surface area contributed by atoms with E-state index in [0.29, 0.717) is 12.1 Å². The van der Waals surface area contributed by atoms with Gasteiger partial charge in [-0.05, 0) is 19.4 Å². The monoisotopic (exact) mass is 291 g/mol. The Bertz CT molecular complexity index is 436. The van der Waals surface area contributed by atoms with Crippen molar-refractivity contribution in [1.82, 2.24) is 24.7 Å². The van der Waals surface area contributed by atoms with E-state index in [9.17, 15) is 0 Å². The lowest BCUT2D eigenvalue weighted by Gasteiger charge is -2.50. The van der Waals surface area contributed by atoms with Crippen LogP contribution in [0.3, 0.4) is 0 Å². The van der Waals surface area contributed by atoms with Gasteiger partial charge in [0.1, 0.15) is 5.82 Å². The van der Waals surface area contributed by atoms with Crippen molar-refractivity contribution in [3.05, 3.63) is 18.2 Å². The summed E-state index contributed by atoms with van der Waals surface area (Å²) in [7, 11) is 0. The summed E-state index contributed by atoms with van der Waals surface area (Å²) in [6.07, 6.45) is 6.42. The van der Waals surface area contributed by atoms with E-state index in [4.69, 9.17) is 4.98 Å². The number of nitrogens with zero attached hydrogens (tertiary/aromatic N) is 4. The Labute approximate surface area is 128 Å². The molecule has 1 aromatic rings. The van der Waals surface area contributed by atoms with E-state index in [0.717, 1.165) is 19.5 Å². The molecule has 1 aromatic heterocycles. The van der Waals surface area contributed by atoms with Gasteiger partial charge in [0.25, 0.3) is 0 Å². The number of piperazine rings is 3. The molecule has 2 bridgehead atoms. The molecule has 5 heteroatoms. The topological polar surface area (TPSA) is 36.3 Å². The van der Waals surface area contributed by atoms with Gasteiger partial charge in [-0.3, -0.25) is 9.80 Å². The molecule has 0 amide bonds. The maximum absolute atomic E-state index is 4.70. The lowest BCUT2D eigenvalue weighted by atomic mass is 9.99. The number of imidazole rings is 1. The lowest BCUT2D eigenvalue weighted by Crippen LogP contribution is -2.64. The van der Waals surface area contributed by atoms with Gasteiger partial charge in [-0.15, -0.1) is 0 Å².